The smallest absolute Gasteiger partial charge is 0.121 e. The average molecular weight is 253 g/mol. The van der Waals surface area contributed by atoms with Gasteiger partial charge in [0.25, 0.3) is 0 Å². The van der Waals surface area contributed by atoms with Gasteiger partial charge >= 0.3 is 0 Å². The molecule has 0 heterocycles. The van der Waals surface area contributed by atoms with Gasteiger partial charge in [0, 0.05) is 19.2 Å². The SMILES string of the molecule is COc1ccc(NCC(C)(O)CN(C)C)c(N)c1. The summed E-state index contributed by atoms with van der Waals surface area (Å²) >= 11 is 0. The Balaban J connectivity index is 2.63. The molecule has 0 aliphatic carbocycles. The van der Waals surface area contributed by atoms with E-state index < -0.39 is 5.60 Å². The Morgan fingerprint density at radius 2 is 2.11 bits per heavy atom. The fourth-order valence-corrected chi connectivity index (χ4v) is 1.85. The van der Waals surface area contributed by atoms with Gasteiger partial charge in [0.05, 0.1) is 24.1 Å². The molecular formula is C13H23N3O2. The summed E-state index contributed by atoms with van der Waals surface area (Å²) in [6.07, 6.45) is 0. The van der Waals surface area contributed by atoms with Crippen LogP contribution in [0, 0.1) is 0 Å². The van der Waals surface area contributed by atoms with Crippen LogP contribution in [0.1, 0.15) is 6.92 Å². The van der Waals surface area contributed by atoms with Crippen molar-refractivity contribution in [3.63, 3.8) is 0 Å². The van der Waals surface area contributed by atoms with Crippen molar-refractivity contribution in [3.05, 3.63) is 18.2 Å². The second-order valence-electron chi connectivity index (χ2n) is 5.04. The minimum Gasteiger partial charge on any atom is -0.497 e. The molecule has 0 spiro atoms. The summed E-state index contributed by atoms with van der Waals surface area (Å²) in [5.74, 6) is 0.720. The Labute approximate surface area is 109 Å². The van der Waals surface area contributed by atoms with Crippen LogP contribution in [0.25, 0.3) is 0 Å². The molecule has 1 aromatic rings. The lowest BCUT2D eigenvalue weighted by Crippen LogP contribution is -2.43. The van der Waals surface area contributed by atoms with Gasteiger partial charge in [-0.15, -0.1) is 0 Å². The van der Waals surface area contributed by atoms with Crippen LogP contribution < -0.4 is 15.8 Å². The highest BCUT2D eigenvalue weighted by molar-refractivity contribution is 5.68. The number of ether oxygens (including phenoxy) is 1. The zero-order valence-electron chi connectivity index (χ0n) is 11.5. The predicted molar refractivity (Wildman–Crippen MR) is 75.1 cm³/mol. The van der Waals surface area contributed by atoms with E-state index in [1.807, 2.05) is 31.1 Å². The zero-order valence-corrected chi connectivity index (χ0v) is 11.5. The van der Waals surface area contributed by atoms with Crippen molar-refractivity contribution < 1.29 is 9.84 Å². The summed E-state index contributed by atoms with van der Waals surface area (Å²) in [5, 5.41) is 13.3. The van der Waals surface area contributed by atoms with Crippen LogP contribution >= 0.6 is 0 Å². The van der Waals surface area contributed by atoms with Crippen LogP contribution in [0.4, 0.5) is 11.4 Å². The largest absolute Gasteiger partial charge is 0.497 e. The lowest BCUT2D eigenvalue weighted by Gasteiger charge is -2.27. The molecule has 1 atom stereocenters. The third-order valence-electron chi connectivity index (χ3n) is 2.58. The zero-order chi connectivity index (χ0) is 13.8. The second kappa shape index (κ2) is 5.93. The van der Waals surface area contributed by atoms with E-state index in [1.165, 1.54) is 0 Å². The van der Waals surface area contributed by atoms with Gasteiger partial charge in [-0.2, -0.15) is 0 Å². The van der Waals surface area contributed by atoms with Crippen LogP contribution in [0.15, 0.2) is 18.2 Å². The molecule has 1 aromatic carbocycles. The first-order valence-electron chi connectivity index (χ1n) is 5.88. The van der Waals surface area contributed by atoms with Gasteiger partial charge in [-0.25, -0.2) is 0 Å². The molecule has 0 aliphatic heterocycles. The summed E-state index contributed by atoms with van der Waals surface area (Å²) in [6, 6.07) is 5.43. The number of nitrogens with zero attached hydrogens (tertiary/aromatic N) is 1. The lowest BCUT2D eigenvalue weighted by molar-refractivity contribution is 0.0460. The van der Waals surface area contributed by atoms with Crippen LogP contribution in [-0.4, -0.2) is 49.9 Å². The van der Waals surface area contributed by atoms with Gasteiger partial charge in [0.15, 0.2) is 0 Å². The fraction of sp³-hybridized carbons (Fsp3) is 0.538. The maximum absolute atomic E-state index is 10.2. The molecule has 0 bridgehead atoms. The second-order valence-corrected chi connectivity index (χ2v) is 5.04. The van der Waals surface area contributed by atoms with Gasteiger partial charge in [0.2, 0.25) is 0 Å². The summed E-state index contributed by atoms with van der Waals surface area (Å²) in [6.45, 7) is 2.80. The fourth-order valence-electron chi connectivity index (χ4n) is 1.85. The van der Waals surface area contributed by atoms with Crippen molar-refractivity contribution in [1.29, 1.82) is 0 Å². The van der Waals surface area contributed by atoms with Gasteiger partial charge in [-0.1, -0.05) is 0 Å². The summed E-state index contributed by atoms with van der Waals surface area (Å²) < 4.78 is 5.08. The van der Waals surface area contributed by atoms with Gasteiger partial charge in [0.1, 0.15) is 5.75 Å². The number of likely N-dealkylation sites (N-methyl/N-ethyl adjacent to an activating group) is 1. The summed E-state index contributed by atoms with van der Waals surface area (Å²) in [5.41, 5.74) is 6.49. The summed E-state index contributed by atoms with van der Waals surface area (Å²) in [7, 11) is 5.45. The quantitative estimate of drug-likeness (QED) is 0.660. The van der Waals surface area contributed by atoms with Crippen molar-refractivity contribution in [2.24, 2.45) is 0 Å². The molecule has 0 aromatic heterocycles. The minimum atomic E-state index is -0.810. The van der Waals surface area contributed by atoms with Crippen molar-refractivity contribution in [2.75, 3.05) is 45.3 Å². The molecule has 0 fully saturated rings. The molecule has 0 saturated carbocycles. The highest BCUT2D eigenvalue weighted by Gasteiger charge is 2.21. The maximum Gasteiger partial charge on any atom is 0.121 e. The Kier molecular flexibility index (Phi) is 4.81. The van der Waals surface area contributed by atoms with E-state index in [4.69, 9.17) is 10.5 Å². The number of hydrogen-bond acceptors (Lipinski definition) is 5. The van der Waals surface area contributed by atoms with E-state index in [0.29, 0.717) is 18.8 Å². The molecule has 102 valence electrons. The highest BCUT2D eigenvalue weighted by atomic mass is 16.5. The third-order valence-corrected chi connectivity index (χ3v) is 2.58. The molecule has 18 heavy (non-hydrogen) atoms. The standard InChI is InChI=1S/C13H23N3O2/c1-13(17,9-16(2)3)8-15-12-6-5-10(18-4)7-11(12)14/h5-7,15,17H,8-9,14H2,1-4H3. The molecule has 1 unspecified atom stereocenters. The lowest BCUT2D eigenvalue weighted by atomic mass is 10.1. The molecule has 1 rings (SSSR count). The molecule has 5 nitrogen and oxygen atoms in total. The van der Waals surface area contributed by atoms with Gasteiger partial charge < -0.3 is 25.8 Å². The molecule has 0 radical (unpaired) electrons. The number of rotatable bonds is 6. The molecule has 4 N–H and O–H groups in total. The molecule has 0 aliphatic rings. The number of anilines is 2. The number of nitrogens with two attached hydrogens (primary N) is 1. The number of methoxy groups -OCH3 is 1. The first-order chi connectivity index (χ1) is 8.34. The van der Waals surface area contributed by atoms with E-state index in [9.17, 15) is 5.11 Å². The number of aliphatic hydroxyl groups is 1. The Bertz CT molecular complexity index is 392. The molecule has 5 heteroatoms. The van der Waals surface area contributed by atoms with Crippen molar-refractivity contribution in [3.8, 4) is 5.75 Å². The van der Waals surface area contributed by atoms with Gasteiger partial charge in [-0.3, -0.25) is 0 Å². The molecule has 0 saturated heterocycles. The van der Waals surface area contributed by atoms with Gasteiger partial charge in [-0.05, 0) is 33.2 Å². The number of nitrogens with one attached hydrogen (secondary N) is 1. The van der Waals surface area contributed by atoms with Crippen molar-refractivity contribution in [2.45, 2.75) is 12.5 Å². The van der Waals surface area contributed by atoms with Crippen molar-refractivity contribution in [1.82, 2.24) is 4.90 Å². The average Bonchev–Trinajstić information content (AvgIpc) is 2.25. The minimum absolute atomic E-state index is 0.432. The van der Waals surface area contributed by atoms with Crippen LogP contribution in [0.5, 0.6) is 5.75 Å². The van der Waals surface area contributed by atoms with E-state index in [-0.39, 0.29) is 0 Å². The molecular weight excluding hydrogens is 230 g/mol. The Morgan fingerprint density at radius 3 is 2.61 bits per heavy atom. The normalized spacial score (nSPS) is 14.3. The number of benzene rings is 1. The van der Waals surface area contributed by atoms with Crippen LogP contribution in [-0.2, 0) is 0 Å². The van der Waals surface area contributed by atoms with E-state index in [1.54, 1.807) is 20.1 Å². The monoisotopic (exact) mass is 253 g/mol. The van der Waals surface area contributed by atoms with Crippen molar-refractivity contribution >= 4 is 11.4 Å². The Morgan fingerprint density at radius 1 is 1.44 bits per heavy atom. The third kappa shape index (κ3) is 4.43. The predicted octanol–water partition coefficient (Wildman–Crippen LogP) is 1.00. The number of nitrogen functional groups attached to an aromatic ring is 1. The maximum atomic E-state index is 10.2. The van der Waals surface area contributed by atoms with Crippen LogP contribution in [0.2, 0.25) is 0 Å². The van der Waals surface area contributed by atoms with E-state index in [0.717, 1.165) is 11.4 Å². The van der Waals surface area contributed by atoms with E-state index in [2.05, 4.69) is 5.32 Å². The summed E-state index contributed by atoms with van der Waals surface area (Å²) in [4.78, 5) is 1.94. The topological polar surface area (TPSA) is 70.8 Å². The Hall–Kier alpha value is -1.46. The first-order valence-corrected chi connectivity index (χ1v) is 5.88. The highest BCUT2D eigenvalue weighted by Crippen LogP contribution is 2.24. The number of hydrogen-bond donors (Lipinski definition) is 3. The van der Waals surface area contributed by atoms with E-state index >= 15 is 0 Å². The van der Waals surface area contributed by atoms with Crippen LogP contribution in [0.3, 0.4) is 0 Å². The first kappa shape index (κ1) is 14.6. The molecule has 0 amide bonds.